The minimum atomic E-state index is -0.401. The second kappa shape index (κ2) is 8.16. The number of furan rings is 1. The van der Waals surface area contributed by atoms with E-state index in [9.17, 15) is 4.79 Å². The molecule has 8 heteroatoms. The molecule has 0 atom stereocenters. The number of aryl methyl sites for hydroxylation is 1. The molecule has 0 saturated carbocycles. The van der Waals surface area contributed by atoms with Crippen LogP contribution in [-0.4, -0.2) is 25.8 Å². The Kier molecular flexibility index (Phi) is 6.23. The summed E-state index contributed by atoms with van der Waals surface area (Å²) in [6, 6.07) is 7.11. The molecular weight excluding hydrogens is 432 g/mol. The maximum absolute atomic E-state index is 11.7. The number of nitrogens with zero attached hydrogens (tertiary/aromatic N) is 1. The van der Waals surface area contributed by atoms with E-state index < -0.39 is 5.91 Å². The van der Waals surface area contributed by atoms with Crippen molar-refractivity contribution in [1.82, 2.24) is 5.43 Å². The lowest BCUT2D eigenvalue weighted by molar-refractivity contribution is -0.123. The number of hydrazone groups is 1. The first kappa shape index (κ1) is 17.6. The van der Waals surface area contributed by atoms with E-state index in [0.29, 0.717) is 21.7 Å². The Labute approximate surface area is 150 Å². The van der Waals surface area contributed by atoms with Gasteiger partial charge in [0.1, 0.15) is 11.5 Å². The fourth-order valence-electron chi connectivity index (χ4n) is 1.69. The molecule has 1 heterocycles. The van der Waals surface area contributed by atoms with Crippen LogP contribution in [-0.2, 0) is 4.79 Å². The van der Waals surface area contributed by atoms with E-state index in [1.807, 2.05) is 13.0 Å². The summed E-state index contributed by atoms with van der Waals surface area (Å²) in [4.78, 5) is 11.7. The Morgan fingerprint density at radius 1 is 1.39 bits per heavy atom. The quantitative estimate of drug-likeness (QED) is 0.544. The van der Waals surface area contributed by atoms with Gasteiger partial charge in [-0.3, -0.25) is 4.79 Å². The van der Waals surface area contributed by atoms with Gasteiger partial charge in [-0.2, -0.15) is 5.10 Å². The standard InChI is InChI=1S/C15H14Br2N2O4/c1-9-3-4-11(23-9)7-18-19-14(20)8-22-15-12(17)5-10(16)6-13(15)21-2/h3-7H,8H2,1-2H3,(H,19,20)/b18-7-. The molecule has 0 aliphatic heterocycles. The van der Waals surface area contributed by atoms with Gasteiger partial charge >= 0.3 is 0 Å². The molecule has 0 spiro atoms. The third-order valence-corrected chi connectivity index (χ3v) is 3.73. The van der Waals surface area contributed by atoms with Gasteiger partial charge in [0.2, 0.25) is 0 Å². The van der Waals surface area contributed by atoms with Crippen LogP contribution in [0.3, 0.4) is 0 Å². The summed E-state index contributed by atoms with van der Waals surface area (Å²) < 4.78 is 17.5. The molecule has 0 fully saturated rings. The zero-order valence-electron chi connectivity index (χ0n) is 12.4. The fourth-order valence-corrected chi connectivity index (χ4v) is 2.99. The molecule has 0 unspecified atom stereocenters. The van der Waals surface area contributed by atoms with Gasteiger partial charge in [0.15, 0.2) is 18.1 Å². The summed E-state index contributed by atoms with van der Waals surface area (Å²) in [5.41, 5.74) is 2.36. The van der Waals surface area contributed by atoms with Crippen LogP contribution in [0.2, 0.25) is 0 Å². The summed E-state index contributed by atoms with van der Waals surface area (Å²) >= 11 is 6.72. The van der Waals surface area contributed by atoms with E-state index in [-0.39, 0.29) is 6.61 Å². The summed E-state index contributed by atoms with van der Waals surface area (Å²) in [6.45, 7) is 1.62. The minimum absolute atomic E-state index is 0.203. The minimum Gasteiger partial charge on any atom is -0.493 e. The van der Waals surface area contributed by atoms with Crippen molar-refractivity contribution in [2.75, 3.05) is 13.7 Å². The average molecular weight is 446 g/mol. The van der Waals surface area contributed by atoms with Gasteiger partial charge in [0, 0.05) is 4.47 Å². The Balaban J connectivity index is 1.91. The molecule has 1 amide bonds. The molecule has 23 heavy (non-hydrogen) atoms. The number of nitrogens with one attached hydrogen (secondary N) is 1. The predicted molar refractivity (Wildman–Crippen MR) is 93.1 cm³/mol. The number of carbonyl (C=O) groups is 1. The first-order valence-electron chi connectivity index (χ1n) is 6.53. The molecule has 1 aromatic heterocycles. The number of benzene rings is 1. The molecule has 0 aliphatic carbocycles. The highest BCUT2D eigenvalue weighted by Crippen LogP contribution is 2.38. The van der Waals surface area contributed by atoms with Crippen molar-refractivity contribution in [2.24, 2.45) is 5.10 Å². The molecule has 0 aliphatic rings. The molecule has 0 saturated heterocycles. The number of hydrogen-bond acceptors (Lipinski definition) is 5. The second-order valence-corrected chi connectivity index (χ2v) is 6.22. The van der Waals surface area contributed by atoms with Crippen LogP contribution in [0.5, 0.6) is 11.5 Å². The monoisotopic (exact) mass is 444 g/mol. The SMILES string of the molecule is COc1cc(Br)cc(Br)c1OCC(=O)N/N=C\c1ccc(C)o1. The van der Waals surface area contributed by atoms with Crippen LogP contribution in [0, 0.1) is 6.92 Å². The number of carbonyl (C=O) groups excluding carboxylic acids is 1. The van der Waals surface area contributed by atoms with Gasteiger partial charge in [-0.15, -0.1) is 0 Å². The molecule has 6 nitrogen and oxygen atoms in total. The second-order valence-electron chi connectivity index (χ2n) is 4.45. The molecule has 0 bridgehead atoms. The third-order valence-electron chi connectivity index (χ3n) is 2.68. The summed E-state index contributed by atoms with van der Waals surface area (Å²) in [6.07, 6.45) is 1.42. The van der Waals surface area contributed by atoms with Crippen LogP contribution in [0.1, 0.15) is 11.5 Å². The van der Waals surface area contributed by atoms with E-state index in [0.717, 1.165) is 10.2 Å². The van der Waals surface area contributed by atoms with E-state index in [1.165, 1.54) is 13.3 Å². The highest BCUT2D eigenvalue weighted by atomic mass is 79.9. The van der Waals surface area contributed by atoms with Gasteiger partial charge in [-0.1, -0.05) is 15.9 Å². The van der Waals surface area contributed by atoms with Crippen LogP contribution < -0.4 is 14.9 Å². The van der Waals surface area contributed by atoms with Crippen LogP contribution in [0.4, 0.5) is 0 Å². The number of amides is 1. The molecule has 1 N–H and O–H groups in total. The lowest BCUT2D eigenvalue weighted by Gasteiger charge is -2.12. The van der Waals surface area contributed by atoms with Crippen molar-refractivity contribution >= 4 is 44.0 Å². The van der Waals surface area contributed by atoms with Gasteiger partial charge in [0.05, 0.1) is 17.8 Å². The van der Waals surface area contributed by atoms with Gasteiger partial charge in [0.25, 0.3) is 5.91 Å². The number of methoxy groups -OCH3 is 1. The summed E-state index contributed by atoms with van der Waals surface area (Å²) in [7, 11) is 1.52. The van der Waals surface area contributed by atoms with Crippen molar-refractivity contribution in [3.8, 4) is 11.5 Å². The molecule has 1 aromatic carbocycles. The molecule has 2 rings (SSSR count). The lowest BCUT2D eigenvalue weighted by Crippen LogP contribution is -2.24. The summed E-state index contributed by atoms with van der Waals surface area (Å²) in [5.74, 6) is 1.88. The maximum atomic E-state index is 11.7. The zero-order valence-corrected chi connectivity index (χ0v) is 15.6. The molecule has 0 radical (unpaired) electrons. The van der Waals surface area contributed by atoms with E-state index in [1.54, 1.807) is 18.2 Å². The van der Waals surface area contributed by atoms with E-state index >= 15 is 0 Å². The molecule has 122 valence electrons. The topological polar surface area (TPSA) is 73.1 Å². The fraction of sp³-hybridized carbons (Fsp3) is 0.200. The lowest BCUT2D eigenvalue weighted by atomic mass is 10.3. The van der Waals surface area contributed by atoms with Crippen molar-refractivity contribution in [3.63, 3.8) is 0 Å². The van der Waals surface area contributed by atoms with Crippen molar-refractivity contribution in [3.05, 3.63) is 44.7 Å². The van der Waals surface area contributed by atoms with Gasteiger partial charge in [-0.25, -0.2) is 5.43 Å². The average Bonchev–Trinajstić information content (AvgIpc) is 2.91. The Bertz CT molecular complexity index is 728. The third kappa shape index (κ3) is 5.11. The zero-order chi connectivity index (χ0) is 16.8. The van der Waals surface area contributed by atoms with Gasteiger partial charge < -0.3 is 13.9 Å². The van der Waals surface area contributed by atoms with Crippen molar-refractivity contribution < 1.29 is 18.7 Å². The molecular formula is C15H14Br2N2O4. The Morgan fingerprint density at radius 2 is 2.17 bits per heavy atom. The van der Waals surface area contributed by atoms with Crippen LogP contribution >= 0.6 is 31.9 Å². The number of hydrogen-bond donors (Lipinski definition) is 1. The maximum Gasteiger partial charge on any atom is 0.277 e. The van der Waals surface area contributed by atoms with Crippen molar-refractivity contribution in [1.29, 1.82) is 0 Å². The van der Waals surface area contributed by atoms with Crippen LogP contribution in [0.25, 0.3) is 0 Å². The predicted octanol–water partition coefficient (Wildman–Crippen LogP) is 3.65. The van der Waals surface area contributed by atoms with E-state index in [4.69, 9.17) is 13.9 Å². The van der Waals surface area contributed by atoms with Gasteiger partial charge in [-0.05, 0) is 47.1 Å². The first-order chi connectivity index (χ1) is 11.0. The van der Waals surface area contributed by atoms with Crippen LogP contribution in [0.15, 0.2) is 42.7 Å². The number of halogens is 2. The number of ether oxygens (including phenoxy) is 2. The van der Waals surface area contributed by atoms with E-state index in [2.05, 4.69) is 42.4 Å². The largest absolute Gasteiger partial charge is 0.493 e. The molecule has 2 aromatic rings. The Morgan fingerprint density at radius 3 is 2.83 bits per heavy atom. The highest BCUT2D eigenvalue weighted by molar-refractivity contribution is 9.11. The first-order valence-corrected chi connectivity index (χ1v) is 8.12. The van der Waals surface area contributed by atoms with Crippen molar-refractivity contribution in [2.45, 2.75) is 6.92 Å². The number of rotatable bonds is 6. The normalized spacial score (nSPS) is 10.8. The Hall–Kier alpha value is -1.80. The summed E-state index contributed by atoms with van der Waals surface area (Å²) in [5, 5.41) is 3.80. The smallest absolute Gasteiger partial charge is 0.277 e. The highest BCUT2D eigenvalue weighted by Gasteiger charge is 2.12.